The molecule has 0 radical (unpaired) electrons. The van der Waals surface area contributed by atoms with Gasteiger partial charge in [-0.2, -0.15) is 0 Å². The fourth-order valence-electron chi connectivity index (χ4n) is 1.78. The van der Waals surface area contributed by atoms with Crippen LogP contribution in [0, 0.1) is 20.8 Å². The number of aromatic nitrogens is 3. The summed E-state index contributed by atoms with van der Waals surface area (Å²) in [5, 5.41) is 6.88. The summed E-state index contributed by atoms with van der Waals surface area (Å²) in [5.74, 6) is 0.648. The summed E-state index contributed by atoms with van der Waals surface area (Å²) < 4.78 is 12.0. The highest BCUT2D eigenvalue weighted by molar-refractivity contribution is 6.04. The fraction of sp³-hybridized carbons (Fsp3) is 0.417. The third-order valence-corrected chi connectivity index (χ3v) is 2.84. The van der Waals surface area contributed by atoms with Gasteiger partial charge < -0.3 is 14.5 Å². The molecule has 0 aliphatic carbocycles. The second kappa shape index (κ2) is 4.75. The lowest BCUT2D eigenvalue weighted by Crippen LogP contribution is -2.13. The van der Waals surface area contributed by atoms with Crippen LogP contribution in [-0.2, 0) is 7.05 Å². The van der Waals surface area contributed by atoms with E-state index in [1.54, 1.807) is 25.6 Å². The van der Waals surface area contributed by atoms with Gasteiger partial charge in [-0.1, -0.05) is 0 Å². The molecular weight excluding hydrogens is 248 g/mol. The van der Waals surface area contributed by atoms with Gasteiger partial charge >= 0.3 is 0 Å². The number of nitrogens with zero attached hydrogens (tertiary/aromatic N) is 3. The number of hydrogen-bond acceptors (Lipinski definition) is 5. The minimum absolute atomic E-state index is 0.197. The first-order chi connectivity index (χ1) is 8.93. The molecule has 0 saturated heterocycles. The lowest BCUT2D eigenvalue weighted by atomic mass is 10.3. The quantitative estimate of drug-likeness (QED) is 0.910. The topological polar surface area (TPSA) is 82.2 Å². The Morgan fingerprint density at radius 1 is 1.37 bits per heavy atom. The maximum atomic E-state index is 12.1. The van der Waals surface area contributed by atoms with E-state index in [9.17, 15) is 4.79 Å². The monoisotopic (exact) mass is 264 g/mol. The van der Waals surface area contributed by atoms with E-state index in [1.165, 1.54) is 7.11 Å². The molecule has 0 aliphatic heterocycles. The van der Waals surface area contributed by atoms with Crippen LogP contribution < -0.4 is 10.1 Å². The van der Waals surface area contributed by atoms with E-state index in [0.29, 0.717) is 23.2 Å². The minimum Gasteiger partial charge on any atom is -0.478 e. The molecule has 0 aliphatic rings. The van der Waals surface area contributed by atoms with Gasteiger partial charge in [-0.25, -0.2) is 4.98 Å². The zero-order valence-electron chi connectivity index (χ0n) is 11.6. The Hall–Kier alpha value is -2.31. The van der Waals surface area contributed by atoms with Gasteiger partial charge in [-0.15, -0.1) is 5.10 Å². The molecule has 0 fully saturated rings. The highest BCUT2D eigenvalue weighted by Gasteiger charge is 2.21. The summed E-state index contributed by atoms with van der Waals surface area (Å²) >= 11 is 0. The van der Waals surface area contributed by atoms with Crippen LogP contribution in [0.1, 0.15) is 27.8 Å². The molecule has 0 atom stereocenters. The van der Waals surface area contributed by atoms with Crippen molar-refractivity contribution >= 4 is 11.6 Å². The lowest BCUT2D eigenvalue weighted by molar-refractivity contribution is 0.0994. The molecule has 0 bridgehead atoms. The van der Waals surface area contributed by atoms with Crippen molar-refractivity contribution in [2.24, 2.45) is 7.05 Å². The van der Waals surface area contributed by atoms with Crippen molar-refractivity contribution in [3.05, 3.63) is 23.0 Å². The van der Waals surface area contributed by atoms with Gasteiger partial charge in [0, 0.05) is 14.0 Å². The van der Waals surface area contributed by atoms with Crippen LogP contribution in [0.3, 0.4) is 0 Å². The Bertz CT molecular complexity index is 627. The molecule has 2 aromatic rings. The van der Waals surface area contributed by atoms with Crippen LogP contribution >= 0.6 is 0 Å². The van der Waals surface area contributed by atoms with Crippen molar-refractivity contribution in [3.8, 4) is 5.88 Å². The fourth-order valence-corrected chi connectivity index (χ4v) is 1.78. The van der Waals surface area contributed by atoms with Crippen LogP contribution in [0.5, 0.6) is 5.88 Å². The molecule has 0 saturated carbocycles. The van der Waals surface area contributed by atoms with Crippen LogP contribution in [-0.4, -0.2) is 27.8 Å². The maximum absolute atomic E-state index is 12.1. The molecule has 2 rings (SSSR count). The van der Waals surface area contributed by atoms with E-state index < -0.39 is 0 Å². The van der Waals surface area contributed by atoms with Gasteiger partial charge in [0.15, 0.2) is 5.89 Å². The van der Waals surface area contributed by atoms with E-state index in [2.05, 4.69) is 15.4 Å². The SMILES string of the molecule is COc1nn(C)c(C)c1NC(=O)c1oc(C)nc1C. The number of hydrogen-bond donors (Lipinski definition) is 1. The smallest absolute Gasteiger partial charge is 0.293 e. The molecule has 7 heteroatoms. The van der Waals surface area contributed by atoms with Gasteiger partial charge in [0.05, 0.1) is 18.5 Å². The van der Waals surface area contributed by atoms with E-state index >= 15 is 0 Å². The number of rotatable bonds is 3. The van der Waals surface area contributed by atoms with Crippen LogP contribution in [0.2, 0.25) is 0 Å². The summed E-state index contributed by atoms with van der Waals surface area (Å²) in [5.41, 5.74) is 1.87. The Balaban J connectivity index is 2.31. The molecule has 2 heterocycles. The zero-order valence-corrected chi connectivity index (χ0v) is 11.6. The van der Waals surface area contributed by atoms with Crippen LogP contribution in [0.25, 0.3) is 0 Å². The molecule has 19 heavy (non-hydrogen) atoms. The average Bonchev–Trinajstić information content (AvgIpc) is 2.83. The second-order valence-electron chi connectivity index (χ2n) is 4.19. The molecule has 0 unspecified atom stereocenters. The van der Waals surface area contributed by atoms with Crippen molar-refractivity contribution in [3.63, 3.8) is 0 Å². The summed E-state index contributed by atoms with van der Waals surface area (Å²) in [6, 6.07) is 0. The second-order valence-corrected chi connectivity index (χ2v) is 4.19. The number of aryl methyl sites for hydroxylation is 3. The van der Waals surface area contributed by atoms with Crippen molar-refractivity contribution in [1.29, 1.82) is 0 Å². The first-order valence-corrected chi connectivity index (χ1v) is 5.77. The Morgan fingerprint density at radius 2 is 2.05 bits per heavy atom. The third-order valence-electron chi connectivity index (χ3n) is 2.84. The van der Waals surface area contributed by atoms with Gasteiger partial charge in [-0.3, -0.25) is 9.48 Å². The predicted molar refractivity (Wildman–Crippen MR) is 68.4 cm³/mol. The number of anilines is 1. The van der Waals surface area contributed by atoms with E-state index in [0.717, 1.165) is 5.69 Å². The molecule has 2 aromatic heterocycles. The molecular formula is C12H16N4O3. The van der Waals surface area contributed by atoms with Crippen molar-refractivity contribution in [1.82, 2.24) is 14.8 Å². The summed E-state index contributed by atoms with van der Waals surface area (Å²) in [6.07, 6.45) is 0. The standard InChI is InChI=1S/C12H16N4O3/c1-6-10(19-8(3)13-6)11(17)14-9-7(2)16(4)15-12(9)18-5/h1-5H3,(H,14,17). The molecule has 1 amide bonds. The number of amides is 1. The van der Waals surface area contributed by atoms with E-state index in [1.807, 2.05) is 6.92 Å². The van der Waals surface area contributed by atoms with E-state index in [-0.39, 0.29) is 11.7 Å². The minimum atomic E-state index is -0.368. The number of nitrogens with one attached hydrogen (secondary N) is 1. The van der Waals surface area contributed by atoms with Crippen molar-refractivity contribution < 1.29 is 13.9 Å². The first-order valence-electron chi connectivity index (χ1n) is 5.77. The first kappa shape index (κ1) is 13.1. The van der Waals surface area contributed by atoms with Crippen molar-refractivity contribution in [2.75, 3.05) is 12.4 Å². The Kier molecular flexibility index (Phi) is 3.28. The van der Waals surface area contributed by atoms with Crippen LogP contribution in [0.15, 0.2) is 4.42 Å². The van der Waals surface area contributed by atoms with Gasteiger partial charge in [0.25, 0.3) is 11.8 Å². The number of carbonyl (C=O) groups is 1. The molecule has 1 N–H and O–H groups in total. The molecule has 7 nitrogen and oxygen atoms in total. The average molecular weight is 264 g/mol. The largest absolute Gasteiger partial charge is 0.478 e. The van der Waals surface area contributed by atoms with Crippen molar-refractivity contribution in [2.45, 2.75) is 20.8 Å². The summed E-state index contributed by atoms with van der Waals surface area (Å²) in [6.45, 7) is 5.25. The summed E-state index contributed by atoms with van der Waals surface area (Å²) in [7, 11) is 3.28. The summed E-state index contributed by atoms with van der Waals surface area (Å²) in [4.78, 5) is 16.2. The van der Waals surface area contributed by atoms with Crippen LogP contribution in [0.4, 0.5) is 5.69 Å². The molecule has 0 aromatic carbocycles. The Labute approximate surface area is 110 Å². The number of ether oxygens (including phenoxy) is 1. The third kappa shape index (κ3) is 2.31. The molecule has 0 spiro atoms. The van der Waals surface area contributed by atoms with E-state index in [4.69, 9.17) is 9.15 Å². The van der Waals surface area contributed by atoms with Gasteiger partial charge in [0.1, 0.15) is 5.69 Å². The van der Waals surface area contributed by atoms with Gasteiger partial charge in [-0.05, 0) is 13.8 Å². The number of methoxy groups -OCH3 is 1. The molecule has 102 valence electrons. The zero-order chi connectivity index (χ0) is 14.2. The predicted octanol–water partition coefficient (Wildman–Crippen LogP) is 1.59. The Morgan fingerprint density at radius 3 is 2.58 bits per heavy atom. The lowest BCUT2D eigenvalue weighted by Gasteiger charge is -2.04. The highest BCUT2D eigenvalue weighted by Crippen LogP contribution is 2.27. The normalized spacial score (nSPS) is 10.6. The number of oxazole rings is 1. The maximum Gasteiger partial charge on any atom is 0.293 e. The van der Waals surface area contributed by atoms with Gasteiger partial charge in [0.2, 0.25) is 5.76 Å². The highest BCUT2D eigenvalue weighted by atomic mass is 16.5. The number of carbonyl (C=O) groups excluding carboxylic acids is 1.